The molecule has 1 aromatic carbocycles. The average molecular weight is 486 g/mol. The van der Waals surface area contributed by atoms with Crippen LogP contribution in [0.3, 0.4) is 0 Å². The summed E-state index contributed by atoms with van der Waals surface area (Å²) >= 11 is -0.307. The molecule has 0 aromatic heterocycles. The van der Waals surface area contributed by atoms with Gasteiger partial charge in [0.15, 0.2) is 0 Å². The van der Waals surface area contributed by atoms with Gasteiger partial charge in [-0.25, -0.2) is 0 Å². The van der Waals surface area contributed by atoms with Crippen molar-refractivity contribution < 1.29 is 17.6 Å². The normalized spacial score (nSPS) is 20.1. The van der Waals surface area contributed by atoms with Crippen molar-refractivity contribution in [3.8, 4) is 0 Å². The van der Waals surface area contributed by atoms with E-state index in [1.807, 2.05) is 4.90 Å². The van der Waals surface area contributed by atoms with Gasteiger partial charge in [0.25, 0.3) is 0 Å². The third-order valence-corrected chi connectivity index (χ3v) is 10.2. The molecule has 1 aromatic rings. The Morgan fingerprint density at radius 1 is 1.21 bits per heavy atom. The number of piperidine rings is 1. The Morgan fingerprint density at radius 2 is 1.83 bits per heavy atom. The number of hydrogen-bond donors (Lipinski definition) is 0. The molecule has 2 aliphatic rings. The van der Waals surface area contributed by atoms with Crippen molar-refractivity contribution in [2.24, 2.45) is 5.92 Å². The molecule has 1 amide bonds. The predicted octanol–water partition coefficient (Wildman–Crippen LogP) is 3.29. The van der Waals surface area contributed by atoms with Crippen LogP contribution in [0.25, 0.3) is 0 Å². The molecule has 0 bridgehead atoms. The van der Waals surface area contributed by atoms with Crippen LogP contribution in [0.1, 0.15) is 46.0 Å². The van der Waals surface area contributed by atoms with Gasteiger partial charge >= 0.3 is 181 Å². The van der Waals surface area contributed by atoms with E-state index < -0.39 is 15.8 Å². The Morgan fingerprint density at radius 3 is 2.34 bits per heavy atom. The Bertz CT molecular complexity index is 821. The molecule has 1 saturated heterocycles. The molecule has 5 nitrogen and oxygen atoms in total. The first-order valence-electron chi connectivity index (χ1n) is 10.5. The molecule has 162 valence electrons. The number of carbonyl (C=O) groups excluding carboxylic acids is 1. The molecule has 1 heterocycles. The van der Waals surface area contributed by atoms with Crippen LogP contribution in [-0.2, 0) is 14.8 Å². The number of nitrogens with zero attached hydrogens (tertiary/aromatic N) is 2. The van der Waals surface area contributed by atoms with Crippen LogP contribution in [0.4, 0.5) is 4.39 Å². The van der Waals surface area contributed by atoms with E-state index >= 15 is 0 Å². The fourth-order valence-corrected chi connectivity index (χ4v) is 8.49. The summed E-state index contributed by atoms with van der Waals surface area (Å²) in [6.07, 6.45) is 3.94. The topological polar surface area (TPSA) is 57.7 Å². The zero-order chi connectivity index (χ0) is 21.2. The van der Waals surface area contributed by atoms with Gasteiger partial charge in [0.2, 0.25) is 0 Å². The summed E-state index contributed by atoms with van der Waals surface area (Å²) in [5.41, 5.74) is 2.18. The van der Waals surface area contributed by atoms with Crippen LogP contribution in [0.5, 0.6) is 0 Å². The van der Waals surface area contributed by atoms with Gasteiger partial charge < -0.3 is 0 Å². The number of likely N-dealkylation sites (tertiary alicyclic amines) is 1. The molecule has 1 aliphatic carbocycles. The standard InChI is InChI=1S/C21H32AsFN2O3S/c1-15(2)13-20(22-3)21(26)24-11-9-18(10-12-24)25(17-7-8-17)29(27,28)19-6-4-5-16(23)14-19/h4-6,14-15,17-18,20,22H,7-13H2,1-3H3. The number of carbonyl (C=O) groups is 1. The van der Waals surface area contributed by atoms with Crippen LogP contribution in [0, 0.1) is 11.7 Å². The maximum atomic E-state index is 13.6. The van der Waals surface area contributed by atoms with Gasteiger partial charge in [-0.2, -0.15) is 0 Å². The first-order chi connectivity index (χ1) is 13.7. The quantitative estimate of drug-likeness (QED) is 0.530. The van der Waals surface area contributed by atoms with E-state index in [4.69, 9.17) is 0 Å². The van der Waals surface area contributed by atoms with Crippen molar-refractivity contribution in [2.45, 2.75) is 73.3 Å². The van der Waals surface area contributed by atoms with Gasteiger partial charge in [-0.15, -0.1) is 0 Å². The Balaban J connectivity index is 1.70. The molecule has 29 heavy (non-hydrogen) atoms. The molecule has 2 fully saturated rings. The molecular weight excluding hydrogens is 454 g/mol. The van der Waals surface area contributed by atoms with E-state index in [-0.39, 0.29) is 43.3 Å². The zero-order valence-electron chi connectivity index (χ0n) is 17.5. The summed E-state index contributed by atoms with van der Waals surface area (Å²) in [5.74, 6) is 0.222. The monoisotopic (exact) mass is 486 g/mol. The van der Waals surface area contributed by atoms with Crippen molar-refractivity contribution in [3.63, 3.8) is 0 Å². The second-order valence-corrected chi connectivity index (χ2v) is 13.1. The zero-order valence-corrected chi connectivity index (χ0v) is 20.4. The van der Waals surface area contributed by atoms with Gasteiger partial charge in [0.1, 0.15) is 0 Å². The fraction of sp³-hybridized carbons (Fsp3) is 0.667. The van der Waals surface area contributed by atoms with Crippen LogP contribution in [0.2, 0.25) is 10.4 Å². The molecule has 0 radical (unpaired) electrons. The van der Waals surface area contributed by atoms with E-state index in [9.17, 15) is 17.6 Å². The molecule has 0 spiro atoms. The second kappa shape index (κ2) is 9.48. The molecule has 2 atom stereocenters. The first-order valence-corrected chi connectivity index (χ1v) is 15.2. The summed E-state index contributed by atoms with van der Waals surface area (Å²) < 4.78 is 41.9. The van der Waals surface area contributed by atoms with Crippen molar-refractivity contribution in [1.82, 2.24) is 9.21 Å². The van der Waals surface area contributed by atoms with E-state index in [1.54, 1.807) is 4.31 Å². The molecule has 1 aliphatic heterocycles. The van der Waals surface area contributed by atoms with Crippen LogP contribution in [-0.4, -0.2) is 64.5 Å². The summed E-state index contributed by atoms with van der Waals surface area (Å²) in [4.78, 5) is 14.9. The Kier molecular flexibility index (Phi) is 7.45. The number of amides is 1. The minimum absolute atomic E-state index is 0.00603. The molecule has 8 heteroatoms. The van der Waals surface area contributed by atoms with Crippen LogP contribution < -0.4 is 0 Å². The van der Waals surface area contributed by atoms with E-state index in [0.717, 1.165) is 25.3 Å². The molecule has 0 N–H and O–H groups in total. The summed E-state index contributed by atoms with van der Waals surface area (Å²) in [5, 5.41) is 0. The number of hydrogen-bond acceptors (Lipinski definition) is 3. The number of halogens is 1. The molecular formula is C21H32AsFN2O3S. The molecule has 2 unspecified atom stereocenters. The number of benzene rings is 1. The van der Waals surface area contributed by atoms with Crippen LogP contribution >= 0.6 is 0 Å². The third kappa shape index (κ3) is 5.42. The Labute approximate surface area is 180 Å². The Hall–Kier alpha value is -0.912. The summed E-state index contributed by atoms with van der Waals surface area (Å²) in [7, 11) is -3.74. The third-order valence-electron chi connectivity index (χ3n) is 5.77. The van der Waals surface area contributed by atoms with Crippen molar-refractivity contribution in [2.75, 3.05) is 13.1 Å². The van der Waals surface area contributed by atoms with Crippen molar-refractivity contribution >= 4 is 31.7 Å². The van der Waals surface area contributed by atoms with E-state index in [1.165, 1.54) is 18.2 Å². The SMILES string of the molecule is C[AsH]C(CC(C)C)C(=O)N1CCC(N(C2CC2)S(=O)(=O)c2cccc(F)c2)CC1. The van der Waals surface area contributed by atoms with Crippen molar-refractivity contribution in [3.05, 3.63) is 30.1 Å². The first kappa shape index (κ1) is 22.8. The van der Waals surface area contributed by atoms with E-state index in [0.29, 0.717) is 31.8 Å². The molecule has 1 saturated carbocycles. The van der Waals surface area contributed by atoms with Gasteiger partial charge in [-0.05, 0) is 0 Å². The fourth-order valence-electron chi connectivity index (χ4n) is 4.14. The maximum absolute atomic E-state index is 13.6. The van der Waals surface area contributed by atoms with E-state index in [2.05, 4.69) is 19.6 Å². The second-order valence-electron chi connectivity index (χ2n) is 8.55. The molecule has 3 rings (SSSR count). The number of sulfonamides is 1. The summed E-state index contributed by atoms with van der Waals surface area (Å²) in [6.45, 7) is 5.51. The predicted molar refractivity (Wildman–Crippen MR) is 114 cm³/mol. The van der Waals surface area contributed by atoms with Gasteiger partial charge in [-0.1, -0.05) is 0 Å². The minimum atomic E-state index is -3.74. The number of rotatable bonds is 8. The van der Waals surface area contributed by atoms with Crippen LogP contribution in [0.15, 0.2) is 29.2 Å². The van der Waals surface area contributed by atoms with Gasteiger partial charge in [0.05, 0.1) is 0 Å². The van der Waals surface area contributed by atoms with Gasteiger partial charge in [0, 0.05) is 0 Å². The average Bonchev–Trinajstić information content (AvgIpc) is 3.51. The van der Waals surface area contributed by atoms with Crippen molar-refractivity contribution in [1.29, 1.82) is 0 Å². The van der Waals surface area contributed by atoms with Gasteiger partial charge in [-0.3, -0.25) is 0 Å². The summed E-state index contributed by atoms with van der Waals surface area (Å²) in [6, 6.07) is 5.15.